The second-order valence-electron chi connectivity index (χ2n) is 2.87. The second-order valence-corrected chi connectivity index (χ2v) is 4.02. The van der Waals surface area contributed by atoms with E-state index >= 15 is 0 Å². The Hall–Kier alpha value is -0.380. The molecule has 3 atom stereocenters. The third-order valence-electron chi connectivity index (χ3n) is 1.61. The summed E-state index contributed by atoms with van der Waals surface area (Å²) in [4.78, 5) is 30.7. The Bertz CT molecular complexity index is 273. The maximum absolute atomic E-state index is 10.7. The SMILES string of the molecule is O=C(CO)[C@@H](O)[C@@H](O)[C@H](O)COP(=O)([O-])[O-]. The molecule has 0 unspecified atom stereocenters. The minimum Gasteiger partial charge on any atom is -0.790 e. The van der Waals surface area contributed by atoms with Crippen LogP contribution >= 0.6 is 7.82 Å². The summed E-state index contributed by atoms with van der Waals surface area (Å²) in [6, 6.07) is 0. The molecule has 0 saturated heterocycles. The molecule has 0 heterocycles. The summed E-state index contributed by atoms with van der Waals surface area (Å²) >= 11 is 0. The fourth-order valence-electron chi connectivity index (χ4n) is 0.761. The molecule has 0 bridgehead atoms. The summed E-state index contributed by atoms with van der Waals surface area (Å²) < 4.78 is 13.6. The van der Waals surface area contributed by atoms with Crippen LogP contribution in [0.3, 0.4) is 0 Å². The van der Waals surface area contributed by atoms with Gasteiger partial charge in [-0.2, -0.15) is 0 Å². The van der Waals surface area contributed by atoms with Crippen LogP contribution in [0.25, 0.3) is 0 Å². The molecule has 96 valence electrons. The predicted octanol–water partition coefficient (Wildman–Crippen LogP) is -4.52. The van der Waals surface area contributed by atoms with Crippen LogP contribution in [0.5, 0.6) is 0 Å². The van der Waals surface area contributed by atoms with Gasteiger partial charge in [0.05, 0.1) is 14.4 Å². The van der Waals surface area contributed by atoms with Gasteiger partial charge in [-0.3, -0.25) is 4.79 Å². The lowest BCUT2D eigenvalue weighted by Crippen LogP contribution is -2.45. The number of phosphoric ester groups is 1. The van der Waals surface area contributed by atoms with Gasteiger partial charge < -0.3 is 39.3 Å². The molecule has 0 amide bonds. The highest BCUT2D eigenvalue weighted by atomic mass is 31.2. The Balaban J connectivity index is 4.23. The van der Waals surface area contributed by atoms with Crippen molar-refractivity contribution < 1.29 is 44.1 Å². The molecule has 9 nitrogen and oxygen atoms in total. The quantitative estimate of drug-likeness (QED) is 0.328. The van der Waals surface area contributed by atoms with Gasteiger partial charge in [-0.15, -0.1) is 0 Å². The van der Waals surface area contributed by atoms with Gasteiger partial charge in [-0.05, 0) is 0 Å². The summed E-state index contributed by atoms with van der Waals surface area (Å²) in [5.74, 6) is -1.17. The molecule has 0 aliphatic rings. The molecule has 0 saturated carbocycles. The largest absolute Gasteiger partial charge is 0.790 e. The van der Waals surface area contributed by atoms with Crippen LogP contribution < -0.4 is 9.79 Å². The molecule has 0 aromatic carbocycles. The smallest absolute Gasteiger partial charge is 0.189 e. The average Bonchev–Trinajstić information content (AvgIpc) is 2.21. The van der Waals surface area contributed by atoms with Crippen LogP contribution in [0.1, 0.15) is 0 Å². The van der Waals surface area contributed by atoms with Gasteiger partial charge in [0.1, 0.15) is 24.9 Å². The van der Waals surface area contributed by atoms with Crippen molar-refractivity contribution in [2.45, 2.75) is 18.3 Å². The molecule has 0 rings (SSSR count). The van der Waals surface area contributed by atoms with E-state index in [-0.39, 0.29) is 0 Å². The maximum Gasteiger partial charge on any atom is 0.189 e. The van der Waals surface area contributed by atoms with Crippen molar-refractivity contribution in [2.75, 3.05) is 13.2 Å². The van der Waals surface area contributed by atoms with E-state index in [0.29, 0.717) is 0 Å². The topological polar surface area (TPSA) is 170 Å². The summed E-state index contributed by atoms with van der Waals surface area (Å²) in [5, 5.41) is 35.4. The van der Waals surface area contributed by atoms with Crippen LogP contribution in [-0.4, -0.2) is 57.7 Å². The van der Waals surface area contributed by atoms with E-state index in [1.807, 2.05) is 0 Å². The number of aliphatic hydroxyl groups is 4. The van der Waals surface area contributed by atoms with E-state index in [4.69, 9.17) is 20.4 Å². The van der Waals surface area contributed by atoms with Gasteiger partial charge in [0, 0.05) is 0 Å². The number of carbonyl (C=O) groups excluding carboxylic acids is 1. The fraction of sp³-hybridized carbons (Fsp3) is 0.833. The molecule has 0 aliphatic heterocycles. The van der Waals surface area contributed by atoms with Gasteiger partial charge in [0.25, 0.3) is 0 Å². The zero-order valence-electron chi connectivity index (χ0n) is 7.92. The van der Waals surface area contributed by atoms with Crippen molar-refractivity contribution in [2.24, 2.45) is 0 Å². The van der Waals surface area contributed by atoms with E-state index in [0.717, 1.165) is 0 Å². The Morgan fingerprint density at radius 1 is 1.31 bits per heavy atom. The van der Waals surface area contributed by atoms with Crippen LogP contribution in [0, 0.1) is 0 Å². The number of rotatable bonds is 7. The Kier molecular flexibility index (Phi) is 6.23. The average molecular weight is 258 g/mol. The van der Waals surface area contributed by atoms with E-state index < -0.39 is 45.1 Å². The number of Topliss-reactive ketones (excluding diaryl/α,β-unsaturated/α-hetero) is 1. The number of hydrogen-bond donors (Lipinski definition) is 4. The molecule has 0 spiro atoms. The first-order valence-electron chi connectivity index (χ1n) is 4.03. The molecular formula is C6H11O9P-2. The number of ketones is 1. The molecule has 4 N–H and O–H groups in total. The van der Waals surface area contributed by atoms with Gasteiger partial charge >= 0.3 is 0 Å². The van der Waals surface area contributed by atoms with Crippen molar-refractivity contribution in [1.82, 2.24) is 0 Å². The normalized spacial score (nSPS) is 17.9. The van der Waals surface area contributed by atoms with Crippen molar-refractivity contribution >= 4 is 13.6 Å². The lowest BCUT2D eigenvalue weighted by atomic mass is 10.1. The summed E-state index contributed by atoms with van der Waals surface area (Å²) in [6.07, 6.45) is -6.12. The third-order valence-corrected chi connectivity index (χ3v) is 2.07. The predicted molar refractivity (Wildman–Crippen MR) is 43.7 cm³/mol. The highest BCUT2D eigenvalue weighted by molar-refractivity contribution is 7.43. The Morgan fingerprint density at radius 2 is 1.81 bits per heavy atom. The monoisotopic (exact) mass is 258 g/mol. The molecular weight excluding hydrogens is 247 g/mol. The third kappa shape index (κ3) is 5.64. The first-order chi connectivity index (χ1) is 7.19. The van der Waals surface area contributed by atoms with E-state index in [2.05, 4.69) is 4.52 Å². The fourth-order valence-corrected chi connectivity index (χ4v) is 1.10. The van der Waals surface area contributed by atoms with E-state index in [9.17, 15) is 19.1 Å². The van der Waals surface area contributed by atoms with Crippen molar-refractivity contribution in [3.8, 4) is 0 Å². The summed E-state index contributed by atoms with van der Waals surface area (Å²) in [5.41, 5.74) is 0. The molecule has 0 aromatic rings. The highest BCUT2D eigenvalue weighted by Gasteiger charge is 2.29. The molecule has 0 aromatic heterocycles. The van der Waals surface area contributed by atoms with Crippen LogP contribution in [-0.2, 0) is 13.9 Å². The molecule has 0 aliphatic carbocycles. The van der Waals surface area contributed by atoms with Gasteiger partial charge in [-0.25, -0.2) is 0 Å². The second kappa shape index (κ2) is 6.38. The first kappa shape index (κ1) is 15.6. The minimum atomic E-state index is -5.31. The van der Waals surface area contributed by atoms with Crippen LogP contribution in [0.2, 0.25) is 0 Å². The molecule has 10 heteroatoms. The number of aliphatic hydroxyl groups excluding tert-OH is 4. The molecule has 0 radical (unpaired) electrons. The number of carbonyl (C=O) groups is 1. The number of phosphoric acid groups is 1. The van der Waals surface area contributed by atoms with Crippen LogP contribution in [0.4, 0.5) is 0 Å². The van der Waals surface area contributed by atoms with Crippen LogP contribution in [0.15, 0.2) is 0 Å². The van der Waals surface area contributed by atoms with Gasteiger partial charge in [-0.1, -0.05) is 0 Å². The van der Waals surface area contributed by atoms with E-state index in [1.54, 1.807) is 0 Å². The van der Waals surface area contributed by atoms with Crippen molar-refractivity contribution in [3.05, 3.63) is 0 Å². The van der Waals surface area contributed by atoms with Gasteiger partial charge in [0.15, 0.2) is 5.78 Å². The Labute approximate surface area is 90.2 Å². The van der Waals surface area contributed by atoms with E-state index in [1.165, 1.54) is 0 Å². The van der Waals surface area contributed by atoms with Crippen molar-refractivity contribution in [3.63, 3.8) is 0 Å². The zero-order chi connectivity index (χ0) is 12.9. The lowest BCUT2D eigenvalue weighted by molar-refractivity contribution is -0.343. The summed E-state index contributed by atoms with van der Waals surface area (Å²) in [7, 11) is -5.31. The minimum absolute atomic E-state index is 1.06. The zero-order valence-corrected chi connectivity index (χ0v) is 8.82. The van der Waals surface area contributed by atoms with Gasteiger partial charge in [0.2, 0.25) is 0 Å². The lowest BCUT2D eigenvalue weighted by Gasteiger charge is -2.31. The summed E-state index contributed by atoms with van der Waals surface area (Å²) in [6.45, 7) is -2.16. The first-order valence-corrected chi connectivity index (χ1v) is 5.49. The Morgan fingerprint density at radius 3 is 2.19 bits per heavy atom. The maximum atomic E-state index is 10.7. The number of hydrogen-bond acceptors (Lipinski definition) is 9. The van der Waals surface area contributed by atoms with Crippen molar-refractivity contribution in [1.29, 1.82) is 0 Å². The standard InChI is InChI=1S/C6H13O9P/c7-1-3(8)5(10)6(11)4(9)2-15-16(12,13)14/h4-7,9-11H,1-2H2,(H2,12,13,14)/p-2/t4-,5-,6+/m1/s1. The molecule has 16 heavy (non-hydrogen) atoms. The highest BCUT2D eigenvalue weighted by Crippen LogP contribution is 2.24. The molecule has 0 fully saturated rings.